The minimum atomic E-state index is -0.992. The first kappa shape index (κ1) is 15.3. The molecule has 0 aromatic heterocycles. The molecule has 3 atom stereocenters. The van der Waals surface area contributed by atoms with E-state index in [4.69, 9.17) is 9.84 Å². The van der Waals surface area contributed by atoms with E-state index in [1.165, 1.54) is 4.90 Å². The number of carbonyl (C=O) groups is 3. The smallest absolute Gasteiger partial charge is 0.408 e. The molecule has 2 saturated heterocycles. The lowest BCUT2D eigenvalue weighted by molar-refractivity contribution is -0.147. The van der Waals surface area contributed by atoms with Gasteiger partial charge in [-0.25, -0.2) is 9.59 Å². The quantitative estimate of drug-likeness (QED) is 0.867. The summed E-state index contributed by atoms with van der Waals surface area (Å²) in [7, 11) is 0. The van der Waals surface area contributed by atoms with Crippen molar-refractivity contribution in [3.63, 3.8) is 0 Å². The second-order valence-corrected chi connectivity index (χ2v) is 5.83. The van der Waals surface area contributed by atoms with Gasteiger partial charge < -0.3 is 20.1 Å². The van der Waals surface area contributed by atoms with Crippen molar-refractivity contribution in [3.8, 4) is 0 Å². The molecule has 2 N–H and O–H groups in total. The summed E-state index contributed by atoms with van der Waals surface area (Å²) in [5.74, 6) is -1.33. The second kappa shape index (κ2) is 6.28. The molecule has 0 bridgehead atoms. The van der Waals surface area contributed by atoms with Crippen LogP contribution in [-0.2, 0) is 20.9 Å². The summed E-state index contributed by atoms with van der Waals surface area (Å²) in [4.78, 5) is 36.7. The molecule has 3 rings (SSSR count). The van der Waals surface area contributed by atoms with Crippen LogP contribution in [0.25, 0.3) is 0 Å². The van der Waals surface area contributed by atoms with E-state index >= 15 is 0 Å². The lowest BCUT2D eigenvalue weighted by atomic mass is 10.1. The predicted octanol–water partition coefficient (Wildman–Crippen LogP) is 1.13. The van der Waals surface area contributed by atoms with Gasteiger partial charge in [0.1, 0.15) is 18.7 Å². The van der Waals surface area contributed by atoms with Crippen molar-refractivity contribution in [1.82, 2.24) is 10.2 Å². The van der Waals surface area contributed by atoms with Crippen LogP contribution in [0, 0.1) is 0 Å². The third-order valence-corrected chi connectivity index (χ3v) is 4.35. The number of alkyl carbamates (subject to hydrolysis) is 1. The lowest BCUT2D eigenvalue weighted by Crippen LogP contribution is -2.46. The average molecular weight is 318 g/mol. The number of carboxylic acid groups (broad SMARTS) is 1. The van der Waals surface area contributed by atoms with Crippen molar-refractivity contribution >= 4 is 18.0 Å². The van der Waals surface area contributed by atoms with Crippen LogP contribution in [0.4, 0.5) is 4.79 Å². The van der Waals surface area contributed by atoms with Crippen LogP contribution in [0.15, 0.2) is 30.3 Å². The van der Waals surface area contributed by atoms with E-state index < -0.39 is 24.1 Å². The zero-order valence-electron chi connectivity index (χ0n) is 12.5. The minimum absolute atomic E-state index is 0.108. The number of rotatable bonds is 4. The van der Waals surface area contributed by atoms with Crippen molar-refractivity contribution < 1.29 is 24.2 Å². The summed E-state index contributed by atoms with van der Waals surface area (Å²) in [6.07, 6.45) is 0.889. The summed E-state index contributed by atoms with van der Waals surface area (Å²) in [6, 6.07) is 7.64. The molecule has 2 amide bonds. The standard InChI is InChI=1S/C16H18N2O5/c19-14-12(8-11-6-7-13(15(20)21)18(11)14)17-16(22)23-9-10-4-2-1-3-5-10/h1-5,11-13H,6-9H2,(H,17,22)(H,20,21). The van der Waals surface area contributed by atoms with Gasteiger partial charge in [-0.2, -0.15) is 0 Å². The summed E-state index contributed by atoms with van der Waals surface area (Å²) >= 11 is 0. The summed E-state index contributed by atoms with van der Waals surface area (Å²) in [6.45, 7) is 0.123. The Kier molecular flexibility index (Phi) is 4.18. The van der Waals surface area contributed by atoms with Crippen molar-refractivity contribution in [3.05, 3.63) is 35.9 Å². The molecule has 2 aliphatic rings. The average Bonchev–Trinajstić information content (AvgIpc) is 3.08. The van der Waals surface area contributed by atoms with E-state index in [0.29, 0.717) is 19.3 Å². The van der Waals surface area contributed by atoms with Crippen LogP contribution in [-0.4, -0.2) is 46.1 Å². The van der Waals surface area contributed by atoms with Crippen molar-refractivity contribution in [2.45, 2.75) is 44.0 Å². The number of benzene rings is 1. The molecule has 0 radical (unpaired) electrons. The van der Waals surface area contributed by atoms with E-state index in [-0.39, 0.29) is 18.6 Å². The van der Waals surface area contributed by atoms with Gasteiger partial charge in [0, 0.05) is 6.04 Å². The van der Waals surface area contributed by atoms with Gasteiger partial charge in [-0.05, 0) is 24.8 Å². The van der Waals surface area contributed by atoms with Gasteiger partial charge >= 0.3 is 12.1 Å². The number of nitrogens with zero attached hydrogens (tertiary/aromatic N) is 1. The van der Waals surface area contributed by atoms with Gasteiger partial charge in [0.15, 0.2) is 0 Å². The van der Waals surface area contributed by atoms with Gasteiger partial charge in [-0.1, -0.05) is 30.3 Å². The highest BCUT2D eigenvalue weighted by atomic mass is 16.5. The number of nitrogens with one attached hydrogen (secondary N) is 1. The number of amides is 2. The maximum atomic E-state index is 12.3. The number of ether oxygens (including phenoxy) is 1. The highest BCUT2D eigenvalue weighted by Crippen LogP contribution is 2.33. The molecule has 0 saturated carbocycles. The summed E-state index contributed by atoms with van der Waals surface area (Å²) in [5, 5.41) is 11.7. The topological polar surface area (TPSA) is 95.9 Å². The van der Waals surface area contributed by atoms with Gasteiger partial charge in [0.05, 0.1) is 0 Å². The molecule has 7 nitrogen and oxygen atoms in total. The first-order valence-corrected chi connectivity index (χ1v) is 7.58. The Morgan fingerprint density at radius 1 is 1.26 bits per heavy atom. The SMILES string of the molecule is O=C(NC1CC2CCC(C(=O)O)N2C1=O)OCc1ccccc1. The largest absolute Gasteiger partial charge is 0.480 e. The Hall–Kier alpha value is -2.57. The molecule has 0 spiro atoms. The summed E-state index contributed by atoms with van der Waals surface area (Å²) in [5.41, 5.74) is 0.854. The zero-order valence-corrected chi connectivity index (χ0v) is 12.5. The van der Waals surface area contributed by atoms with Crippen LogP contribution in [0.5, 0.6) is 0 Å². The maximum absolute atomic E-state index is 12.3. The second-order valence-electron chi connectivity index (χ2n) is 5.83. The third-order valence-electron chi connectivity index (χ3n) is 4.35. The fraction of sp³-hybridized carbons (Fsp3) is 0.438. The van der Waals surface area contributed by atoms with E-state index in [2.05, 4.69) is 5.32 Å². The summed E-state index contributed by atoms with van der Waals surface area (Å²) < 4.78 is 5.10. The Balaban J connectivity index is 1.54. The third kappa shape index (κ3) is 3.13. The molecular weight excluding hydrogens is 300 g/mol. The number of hydrogen-bond acceptors (Lipinski definition) is 4. The molecule has 23 heavy (non-hydrogen) atoms. The molecule has 122 valence electrons. The highest BCUT2D eigenvalue weighted by molar-refractivity contribution is 5.92. The van der Waals surface area contributed by atoms with Crippen molar-refractivity contribution in [1.29, 1.82) is 0 Å². The van der Waals surface area contributed by atoms with Crippen molar-refractivity contribution in [2.75, 3.05) is 0 Å². The molecule has 2 fully saturated rings. The van der Waals surface area contributed by atoms with Gasteiger partial charge in [-0.3, -0.25) is 4.79 Å². The molecule has 2 heterocycles. The van der Waals surface area contributed by atoms with Gasteiger partial charge in [-0.15, -0.1) is 0 Å². The zero-order chi connectivity index (χ0) is 16.4. The Labute approximate surface area is 133 Å². The minimum Gasteiger partial charge on any atom is -0.480 e. The number of hydrogen-bond donors (Lipinski definition) is 2. The van der Waals surface area contributed by atoms with E-state index in [0.717, 1.165) is 5.56 Å². The van der Waals surface area contributed by atoms with E-state index in [1.807, 2.05) is 30.3 Å². The Morgan fingerprint density at radius 3 is 2.70 bits per heavy atom. The first-order valence-electron chi connectivity index (χ1n) is 7.58. The fourth-order valence-electron chi connectivity index (χ4n) is 3.27. The van der Waals surface area contributed by atoms with Crippen LogP contribution < -0.4 is 5.32 Å². The normalized spacial score (nSPS) is 26.0. The molecule has 0 aliphatic carbocycles. The van der Waals surface area contributed by atoms with E-state index in [9.17, 15) is 14.4 Å². The Bertz CT molecular complexity index is 618. The first-order chi connectivity index (χ1) is 11.1. The predicted molar refractivity (Wildman–Crippen MR) is 79.5 cm³/mol. The molecular formula is C16H18N2O5. The number of fused-ring (bicyclic) bond motifs is 1. The van der Waals surface area contributed by atoms with Crippen LogP contribution in [0.3, 0.4) is 0 Å². The molecule has 1 aromatic rings. The van der Waals surface area contributed by atoms with E-state index in [1.54, 1.807) is 0 Å². The molecule has 1 aromatic carbocycles. The molecule has 7 heteroatoms. The lowest BCUT2D eigenvalue weighted by Gasteiger charge is -2.21. The Morgan fingerprint density at radius 2 is 2.00 bits per heavy atom. The van der Waals surface area contributed by atoms with Crippen molar-refractivity contribution in [2.24, 2.45) is 0 Å². The fourth-order valence-corrected chi connectivity index (χ4v) is 3.27. The number of aliphatic carboxylic acids is 1. The number of carbonyl (C=O) groups excluding carboxylic acids is 2. The van der Waals surface area contributed by atoms with Crippen LogP contribution in [0.1, 0.15) is 24.8 Å². The van der Waals surface area contributed by atoms with Gasteiger partial charge in [0.2, 0.25) is 5.91 Å². The monoisotopic (exact) mass is 318 g/mol. The van der Waals surface area contributed by atoms with Crippen LogP contribution >= 0.6 is 0 Å². The highest BCUT2D eigenvalue weighted by Gasteiger charge is 2.49. The molecule has 2 aliphatic heterocycles. The van der Waals surface area contributed by atoms with Crippen LogP contribution in [0.2, 0.25) is 0 Å². The maximum Gasteiger partial charge on any atom is 0.408 e. The number of carboxylic acids is 1. The van der Waals surface area contributed by atoms with Gasteiger partial charge in [0.25, 0.3) is 0 Å². The molecule has 3 unspecified atom stereocenters.